The van der Waals surface area contributed by atoms with Gasteiger partial charge in [-0.25, -0.2) is 4.98 Å². The van der Waals surface area contributed by atoms with Crippen molar-refractivity contribution in [2.24, 2.45) is 0 Å². The molecule has 0 saturated carbocycles. The number of hydrogen-bond acceptors (Lipinski definition) is 4. The molecular weight excluding hydrogens is 300 g/mol. The van der Waals surface area contributed by atoms with Gasteiger partial charge in [0.05, 0.1) is 30.3 Å². The summed E-state index contributed by atoms with van der Waals surface area (Å²) >= 11 is 6.04. The summed E-state index contributed by atoms with van der Waals surface area (Å²) in [6.45, 7) is 4.81. The SMILES string of the molecule is CCCCCCOc1c(OC)cc(N)c2nc(Cl)cc(C)c12. The first-order valence-corrected chi connectivity index (χ1v) is 8.02. The molecule has 1 aromatic carbocycles. The Labute approximate surface area is 136 Å². The number of aryl methyl sites for hydroxylation is 1. The maximum Gasteiger partial charge on any atom is 0.170 e. The van der Waals surface area contributed by atoms with Crippen LogP contribution in [0.15, 0.2) is 12.1 Å². The van der Waals surface area contributed by atoms with Crippen LogP contribution in [0.3, 0.4) is 0 Å². The third-order valence-corrected chi connectivity index (χ3v) is 3.85. The molecule has 2 rings (SSSR count). The molecule has 2 N–H and O–H groups in total. The second-order valence-electron chi connectivity index (χ2n) is 5.39. The average molecular weight is 323 g/mol. The second kappa shape index (κ2) is 7.54. The van der Waals surface area contributed by atoms with Gasteiger partial charge in [-0.15, -0.1) is 0 Å². The van der Waals surface area contributed by atoms with E-state index in [1.807, 2.05) is 13.0 Å². The Bertz CT molecular complexity index is 659. The molecule has 0 radical (unpaired) electrons. The van der Waals surface area contributed by atoms with Crippen molar-refractivity contribution in [1.29, 1.82) is 0 Å². The average Bonchev–Trinajstić information content (AvgIpc) is 2.48. The number of nitrogens with two attached hydrogens (primary N) is 1. The van der Waals surface area contributed by atoms with E-state index in [9.17, 15) is 0 Å². The molecule has 1 aromatic heterocycles. The Morgan fingerprint density at radius 2 is 2.00 bits per heavy atom. The van der Waals surface area contributed by atoms with Crippen molar-refractivity contribution in [1.82, 2.24) is 4.98 Å². The Morgan fingerprint density at radius 3 is 2.68 bits per heavy atom. The van der Waals surface area contributed by atoms with Crippen LogP contribution in [0.4, 0.5) is 5.69 Å². The summed E-state index contributed by atoms with van der Waals surface area (Å²) in [5, 5.41) is 1.30. The molecule has 0 aliphatic heterocycles. The van der Waals surface area contributed by atoms with Crippen molar-refractivity contribution < 1.29 is 9.47 Å². The third-order valence-electron chi connectivity index (χ3n) is 3.66. The predicted octanol–water partition coefficient (Wildman–Crippen LogP) is 4.75. The van der Waals surface area contributed by atoms with Gasteiger partial charge in [-0.3, -0.25) is 0 Å². The number of nitrogen functional groups attached to an aromatic ring is 1. The highest BCUT2D eigenvalue weighted by atomic mass is 35.5. The van der Waals surface area contributed by atoms with Crippen molar-refractivity contribution in [3.05, 3.63) is 22.8 Å². The largest absolute Gasteiger partial charge is 0.493 e. The number of aromatic nitrogens is 1. The minimum absolute atomic E-state index is 0.427. The van der Waals surface area contributed by atoms with E-state index in [-0.39, 0.29) is 0 Å². The van der Waals surface area contributed by atoms with Gasteiger partial charge in [0.2, 0.25) is 0 Å². The van der Waals surface area contributed by atoms with Crippen molar-refractivity contribution in [2.45, 2.75) is 39.5 Å². The number of halogens is 1. The Morgan fingerprint density at radius 1 is 1.23 bits per heavy atom. The lowest BCUT2D eigenvalue weighted by Gasteiger charge is -2.16. The number of fused-ring (bicyclic) bond motifs is 1. The Kier molecular flexibility index (Phi) is 5.72. The fraction of sp³-hybridized carbons (Fsp3) is 0.471. The molecule has 2 aromatic rings. The molecule has 0 unspecified atom stereocenters. The second-order valence-corrected chi connectivity index (χ2v) is 5.78. The van der Waals surface area contributed by atoms with Crippen LogP contribution < -0.4 is 15.2 Å². The van der Waals surface area contributed by atoms with Gasteiger partial charge in [0, 0.05) is 6.07 Å². The number of rotatable bonds is 7. The molecule has 0 atom stereocenters. The van der Waals surface area contributed by atoms with Gasteiger partial charge < -0.3 is 15.2 Å². The predicted molar refractivity (Wildman–Crippen MR) is 92.1 cm³/mol. The normalized spacial score (nSPS) is 10.9. The highest BCUT2D eigenvalue weighted by Crippen LogP contribution is 2.41. The molecule has 0 fully saturated rings. The monoisotopic (exact) mass is 322 g/mol. The number of anilines is 1. The summed E-state index contributed by atoms with van der Waals surface area (Å²) in [6.07, 6.45) is 4.60. The molecule has 0 aliphatic rings. The Hall–Kier alpha value is -1.68. The zero-order valence-electron chi connectivity index (χ0n) is 13.4. The number of methoxy groups -OCH3 is 1. The summed E-state index contributed by atoms with van der Waals surface area (Å²) in [5.41, 5.74) is 8.25. The van der Waals surface area contributed by atoms with E-state index < -0.39 is 0 Å². The van der Waals surface area contributed by atoms with Crippen LogP contribution in [0.25, 0.3) is 10.9 Å². The van der Waals surface area contributed by atoms with E-state index >= 15 is 0 Å². The number of benzene rings is 1. The first kappa shape index (κ1) is 16.7. The third kappa shape index (κ3) is 3.55. The lowest BCUT2D eigenvalue weighted by molar-refractivity contribution is 0.288. The molecule has 0 bridgehead atoms. The van der Waals surface area contributed by atoms with Crippen LogP contribution in [0.5, 0.6) is 11.5 Å². The zero-order chi connectivity index (χ0) is 16.1. The van der Waals surface area contributed by atoms with Gasteiger partial charge in [0.1, 0.15) is 5.15 Å². The molecule has 22 heavy (non-hydrogen) atoms. The quantitative estimate of drug-likeness (QED) is 0.454. The van der Waals surface area contributed by atoms with Gasteiger partial charge in [-0.2, -0.15) is 0 Å². The smallest absolute Gasteiger partial charge is 0.170 e. The zero-order valence-corrected chi connectivity index (χ0v) is 14.2. The number of pyridine rings is 1. The van der Waals surface area contributed by atoms with Gasteiger partial charge >= 0.3 is 0 Å². The fourth-order valence-corrected chi connectivity index (χ4v) is 2.77. The minimum atomic E-state index is 0.427. The first-order valence-electron chi connectivity index (χ1n) is 7.64. The highest BCUT2D eigenvalue weighted by molar-refractivity contribution is 6.30. The number of nitrogens with zero attached hydrogens (tertiary/aromatic N) is 1. The van der Waals surface area contributed by atoms with Crippen LogP contribution in [0, 0.1) is 6.92 Å². The van der Waals surface area contributed by atoms with E-state index in [2.05, 4.69) is 11.9 Å². The van der Waals surface area contributed by atoms with E-state index in [1.54, 1.807) is 13.2 Å². The summed E-state index contributed by atoms with van der Waals surface area (Å²) in [7, 11) is 1.61. The molecule has 120 valence electrons. The Balaban J connectivity index is 2.39. The van der Waals surface area contributed by atoms with Crippen LogP contribution in [-0.4, -0.2) is 18.7 Å². The van der Waals surface area contributed by atoms with Crippen molar-refractivity contribution >= 4 is 28.2 Å². The fourth-order valence-electron chi connectivity index (χ4n) is 2.52. The van der Waals surface area contributed by atoms with E-state index in [4.69, 9.17) is 26.8 Å². The first-order chi connectivity index (χ1) is 10.6. The summed E-state index contributed by atoms with van der Waals surface area (Å²) < 4.78 is 11.4. The van der Waals surface area contributed by atoms with Gasteiger partial charge in [0.15, 0.2) is 11.5 Å². The van der Waals surface area contributed by atoms with Gasteiger partial charge in [0.25, 0.3) is 0 Å². The van der Waals surface area contributed by atoms with Crippen LogP contribution >= 0.6 is 11.6 Å². The van der Waals surface area contributed by atoms with E-state index in [1.165, 1.54) is 12.8 Å². The molecule has 5 heteroatoms. The van der Waals surface area contributed by atoms with Crippen molar-refractivity contribution in [3.8, 4) is 11.5 Å². The molecular formula is C17H23ClN2O2. The van der Waals surface area contributed by atoms with Crippen LogP contribution in [-0.2, 0) is 0 Å². The molecule has 0 aliphatic carbocycles. The van der Waals surface area contributed by atoms with Crippen molar-refractivity contribution in [3.63, 3.8) is 0 Å². The molecule has 0 saturated heterocycles. The number of unbranched alkanes of at least 4 members (excludes halogenated alkanes) is 3. The summed E-state index contributed by atoms with van der Waals surface area (Å²) in [6, 6.07) is 3.55. The lowest BCUT2D eigenvalue weighted by Crippen LogP contribution is -2.03. The maximum absolute atomic E-state index is 6.08. The highest BCUT2D eigenvalue weighted by Gasteiger charge is 2.16. The summed E-state index contributed by atoms with van der Waals surface area (Å²) in [4.78, 5) is 4.33. The molecule has 1 heterocycles. The van der Waals surface area contributed by atoms with Crippen LogP contribution in [0.1, 0.15) is 38.2 Å². The minimum Gasteiger partial charge on any atom is -0.493 e. The molecule has 0 spiro atoms. The van der Waals surface area contributed by atoms with Crippen LogP contribution in [0.2, 0.25) is 5.15 Å². The van der Waals surface area contributed by atoms with Gasteiger partial charge in [-0.1, -0.05) is 37.8 Å². The standard InChI is InChI=1S/C17H23ClN2O2/c1-4-5-6-7-8-22-17-13(21-3)10-12(19)16-15(17)11(2)9-14(18)20-16/h9-10H,4-8,19H2,1-3H3. The maximum atomic E-state index is 6.08. The summed E-state index contributed by atoms with van der Waals surface area (Å²) in [5.74, 6) is 1.33. The van der Waals surface area contributed by atoms with E-state index in [0.29, 0.717) is 34.5 Å². The molecule has 4 nitrogen and oxygen atoms in total. The number of hydrogen-bond donors (Lipinski definition) is 1. The lowest BCUT2D eigenvalue weighted by atomic mass is 10.1. The van der Waals surface area contributed by atoms with E-state index in [0.717, 1.165) is 23.8 Å². The number of ether oxygens (including phenoxy) is 2. The molecule has 0 amide bonds. The topological polar surface area (TPSA) is 57.4 Å². The van der Waals surface area contributed by atoms with Gasteiger partial charge in [-0.05, 0) is 25.0 Å². The van der Waals surface area contributed by atoms with Crippen molar-refractivity contribution in [2.75, 3.05) is 19.5 Å².